The van der Waals surface area contributed by atoms with Gasteiger partial charge in [0.2, 0.25) is 0 Å². The molecule has 2 N–H and O–H groups in total. The number of hydrogen-bond donors (Lipinski definition) is 2. The van der Waals surface area contributed by atoms with E-state index in [1.165, 1.54) is 5.56 Å². The number of thiocarbonyl (C=S) groups is 1. The van der Waals surface area contributed by atoms with Gasteiger partial charge in [0.1, 0.15) is 0 Å². The number of para-hydroxylation sites is 1. The Bertz CT molecular complexity index is 425. The van der Waals surface area contributed by atoms with Crippen molar-refractivity contribution in [2.24, 2.45) is 11.0 Å². The minimum atomic E-state index is 0.406. The van der Waals surface area contributed by atoms with Crippen LogP contribution in [0.2, 0.25) is 0 Å². The summed E-state index contributed by atoms with van der Waals surface area (Å²) in [5.41, 5.74) is 5.10. The summed E-state index contributed by atoms with van der Waals surface area (Å²) < 4.78 is 0. The van der Waals surface area contributed by atoms with Crippen LogP contribution in [0.3, 0.4) is 0 Å². The molecule has 0 saturated heterocycles. The Balaban J connectivity index is 2.65. The maximum absolute atomic E-state index is 5.20. The third kappa shape index (κ3) is 4.84. The van der Waals surface area contributed by atoms with E-state index in [1.807, 2.05) is 24.4 Å². The number of hydrazone groups is 1. The lowest BCUT2D eigenvalue weighted by atomic mass is 10.0. The van der Waals surface area contributed by atoms with Crippen molar-refractivity contribution in [1.29, 1.82) is 0 Å². The number of nitrogens with zero attached hydrogens (tertiary/aromatic N) is 1. The lowest BCUT2D eigenvalue weighted by molar-refractivity contribution is 0.868. The van der Waals surface area contributed by atoms with Gasteiger partial charge in [-0.2, -0.15) is 5.10 Å². The summed E-state index contributed by atoms with van der Waals surface area (Å²) in [7, 11) is 0. The third-order valence-electron chi connectivity index (χ3n) is 2.37. The molecule has 0 atom stereocenters. The number of benzene rings is 1. The van der Waals surface area contributed by atoms with E-state index in [4.69, 9.17) is 12.2 Å². The van der Waals surface area contributed by atoms with Crippen molar-refractivity contribution >= 4 is 29.2 Å². The van der Waals surface area contributed by atoms with Gasteiger partial charge in [-0.1, -0.05) is 45.9 Å². The monoisotopic (exact) mass is 263 g/mol. The van der Waals surface area contributed by atoms with Gasteiger partial charge < -0.3 is 5.32 Å². The zero-order chi connectivity index (χ0) is 13.5. The van der Waals surface area contributed by atoms with Crippen molar-refractivity contribution < 1.29 is 0 Å². The highest BCUT2D eigenvalue weighted by atomic mass is 32.1. The molecule has 0 bridgehead atoms. The summed E-state index contributed by atoms with van der Waals surface area (Å²) in [4.78, 5) is 0. The van der Waals surface area contributed by atoms with Gasteiger partial charge >= 0.3 is 0 Å². The first kappa shape index (κ1) is 14.6. The van der Waals surface area contributed by atoms with E-state index in [1.54, 1.807) is 0 Å². The smallest absolute Gasteiger partial charge is 0.191 e. The van der Waals surface area contributed by atoms with Crippen LogP contribution < -0.4 is 10.7 Å². The molecule has 0 aliphatic carbocycles. The van der Waals surface area contributed by atoms with Crippen LogP contribution in [0.25, 0.3) is 0 Å². The van der Waals surface area contributed by atoms with Crippen molar-refractivity contribution in [3.05, 3.63) is 29.8 Å². The van der Waals surface area contributed by atoms with Gasteiger partial charge in [-0.15, -0.1) is 0 Å². The van der Waals surface area contributed by atoms with Crippen molar-refractivity contribution in [2.75, 3.05) is 5.32 Å². The summed E-state index contributed by atoms with van der Waals surface area (Å²) >= 11 is 5.20. The Morgan fingerprint density at radius 3 is 2.50 bits per heavy atom. The van der Waals surface area contributed by atoms with Crippen LogP contribution >= 0.6 is 12.2 Å². The second-order valence-electron chi connectivity index (χ2n) is 4.83. The molecular weight excluding hydrogens is 242 g/mol. The predicted molar refractivity (Wildman–Crippen MR) is 83.2 cm³/mol. The van der Waals surface area contributed by atoms with Gasteiger partial charge in [0.05, 0.1) is 0 Å². The van der Waals surface area contributed by atoms with E-state index < -0.39 is 0 Å². The molecule has 1 aromatic rings. The second kappa shape index (κ2) is 7.11. The van der Waals surface area contributed by atoms with Crippen LogP contribution in [-0.4, -0.2) is 11.3 Å². The molecule has 0 aliphatic heterocycles. The topological polar surface area (TPSA) is 36.4 Å². The van der Waals surface area contributed by atoms with Crippen LogP contribution in [0, 0.1) is 5.92 Å². The number of nitrogens with one attached hydrogen (secondary N) is 2. The van der Waals surface area contributed by atoms with E-state index >= 15 is 0 Å². The molecule has 18 heavy (non-hydrogen) atoms. The molecule has 0 fully saturated rings. The molecule has 0 saturated carbocycles. The average molecular weight is 263 g/mol. The SMILES string of the molecule is CC(C)/C=N/NC(=S)Nc1ccccc1C(C)C. The fourth-order valence-corrected chi connectivity index (χ4v) is 1.67. The minimum Gasteiger partial charge on any atom is -0.331 e. The molecule has 0 radical (unpaired) electrons. The van der Waals surface area contributed by atoms with Crippen molar-refractivity contribution in [3.8, 4) is 0 Å². The van der Waals surface area contributed by atoms with Crippen molar-refractivity contribution in [1.82, 2.24) is 5.43 Å². The first-order chi connectivity index (χ1) is 8.50. The van der Waals surface area contributed by atoms with Crippen LogP contribution in [0.1, 0.15) is 39.2 Å². The predicted octanol–water partition coefficient (Wildman–Crippen LogP) is 3.74. The first-order valence-electron chi connectivity index (χ1n) is 6.19. The number of rotatable bonds is 4. The maximum Gasteiger partial charge on any atom is 0.191 e. The zero-order valence-corrected chi connectivity index (χ0v) is 12.2. The quantitative estimate of drug-likeness (QED) is 0.493. The van der Waals surface area contributed by atoms with E-state index in [9.17, 15) is 0 Å². The van der Waals surface area contributed by atoms with E-state index in [0.717, 1.165) is 5.69 Å². The molecule has 4 heteroatoms. The van der Waals surface area contributed by atoms with Crippen LogP contribution in [0.15, 0.2) is 29.4 Å². The molecule has 1 rings (SSSR count). The van der Waals surface area contributed by atoms with Gasteiger partial charge in [-0.25, -0.2) is 0 Å². The highest BCUT2D eigenvalue weighted by Gasteiger charge is 2.06. The standard InChI is InChI=1S/C14H21N3S/c1-10(2)9-15-17-14(18)16-13-8-6-5-7-12(13)11(3)4/h5-11H,1-4H3,(H2,16,17,18)/b15-9+. The number of anilines is 1. The zero-order valence-electron chi connectivity index (χ0n) is 11.4. The third-order valence-corrected chi connectivity index (χ3v) is 2.56. The summed E-state index contributed by atoms with van der Waals surface area (Å²) in [6.07, 6.45) is 1.82. The van der Waals surface area contributed by atoms with Crippen LogP contribution in [0.5, 0.6) is 0 Å². The Morgan fingerprint density at radius 2 is 1.89 bits per heavy atom. The first-order valence-corrected chi connectivity index (χ1v) is 6.60. The highest BCUT2D eigenvalue weighted by molar-refractivity contribution is 7.80. The molecule has 98 valence electrons. The maximum atomic E-state index is 5.20. The molecule has 0 aliphatic rings. The molecule has 0 spiro atoms. The van der Waals surface area contributed by atoms with Crippen molar-refractivity contribution in [3.63, 3.8) is 0 Å². The summed E-state index contributed by atoms with van der Waals surface area (Å²) in [6, 6.07) is 8.16. The molecule has 1 aromatic carbocycles. The van der Waals surface area contributed by atoms with E-state index in [-0.39, 0.29) is 0 Å². The summed E-state index contributed by atoms with van der Waals surface area (Å²) in [6.45, 7) is 8.45. The molecule has 0 heterocycles. The summed E-state index contributed by atoms with van der Waals surface area (Å²) in [5, 5.41) is 7.75. The lowest BCUT2D eigenvalue weighted by Crippen LogP contribution is -2.24. The van der Waals surface area contributed by atoms with Gasteiger partial charge in [-0.3, -0.25) is 5.43 Å². The summed E-state index contributed by atoms with van der Waals surface area (Å²) in [5.74, 6) is 0.860. The Morgan fingerprint density at radius 1 is 1.22 bits per heavy atom. The molecule has 0 aromatic heterocycles. The van der Waals surface area contributed by atoms with Gasteiger partial charge in [0, 0.05) is 11.9 Å². The average Bonchev–Trinajstić information content (AvgIpc) is 2.28. The second-order valence-corrected chi connectivity index (χ2v) is 5.24. The van der Waals surface area contributed by atoms with E-state index in [0.29, 0.717) is 16.9 Å². The molecule has 0 amide bonds. The Kier molecular flexibility index (Phi) is 5.78. The molecule has 0 unspecified atom stereocenters. The lowest BCUT2D eigenvalue weighted by Gasteiger charge is -2.14. The largest absolute Gasteiger partial charge is 0.331 e. The fourth-order valence-electron chi connectivity index (χ4n) is 1.51. The molecule has 3 nitrogen and oxygen atoms in total. The minimum absolute atomic E-state index is 0.406. The normalized spacial score (nSPS) is 11.2. The van der Waals surface area contributed by atoms with Gasteiger partial charge in [0.25, 0.3) is 0 Å². The number of hydrogen-bond acceptors (Lipinski definition) is 2. The van der Waals surface area contributed by atoms with Crippen LogP contribution in [-0.2, 0) is 0 Å². The highest BCUT2D eigenvalue weighted by Crippen LogP contribution is 2.23. The van der Waals surface area contributed by atoms with Gasteiger partial charge in [-0.05, 0) is 35.7 Å². The van der Waals surface area contributed by atoms with Crippen LogP contribution in [0.4, 0.5) is 5.69 Å². The van der Waals surface area contributed by atoms with Gasteiger partial charge in [0.15, 0.2) is 5.11 Å². The van der Waals surface area contributed by atoms with E-state index in [2.05, 4.69) is 49.6 Å². The molecular formula is C14H21N3S. The van der Waals surface area contributed by atoms with Crippen molar-refractivity contribution in [2.45, 2.75) is 33.6 Å². The Hall–Kier alpha value is -1.42. The Labute approximate surface area is 115 Å². The fraction of sp³-hybridized carbons (Fsp3) is 0.429.